The monoisotopic (exact) mass is 270 g/mol. The van der Waals surface area contributed by atoms with Crippen LogP contribution in [0, 0.1) is 6.92 Å². The second-order valence-corrected chi connectivity index (χ2v) is 4.45. The van der Waals surface area contributed by atoms with Crippen molar-refractivity contribution in [2.24, 2.45) is 5.84 Å². The molecule has 20 heavy (non-hydrogen) atoms. The van der Waals surface area contributed by atoms with E-state index in [9.17, 15) is 4.79 Å². The van der Waals surface area contributed by atoms with Crippen LogP contribution >= 0.6 is 0 Å². The van der Waals surface area contributed by atoms with Gasteiger partial charge in [0.1, 0.15) is 0 Å². The number of hydrogen-bond donors (Lipinski definition) is 2. The van der Waals surface area contributed by atoms with Crippen LogP contribution in [-0.4, -0.2) is 17.4 Å². The Hall–Kier alpha value is -2.40. The molecule has 0 unspecified atom stereocenters. The summed E-state index contributed by atoms with van der Waals surface area (Å²) in [5, 5.41) is 0. The summed E-state index contributed by atoms with van der Waals surface area (Å²) in [6.07, 6.45) is 3.34. The van der Waals surface area contributed by atoms with E-state index in [1.807, 2.05) is 38.1 Å². The highest BCUT2D eigenvalue weighted by Gasteiger charge is 2.18. The van der Waals surface area contributed by atoms with Gasteiger partial charge in [0.05, 0.1) is 11.3 Å². The van der Waals surface area contributed by atoms with E-state index in [0.29, 0.717) is 17.8 Å². The maximum atomic E-state index is 12.7. The van der Waals surface area contributed by atoms with Gasteiger partial charge in [0.15, 0.2) is 0 Å². The molecule has 0 fully saturated rings. The molecule has 2 aromatic rings. The summed E-state index contributed by atoms with van der Waals surface area (Å²) in [5.41, 5.74) is 5.63. The van der Waals surface area contributed by atoms with Crippen molar-refractivity contribution in [3.63, 3.8) is 0 Å². The number of amides is 1. The third-order valence-electron chi connectivity index (χ3n) is 3.10. The molecule has 0 spiro atoms. The fraction of sp³-hybridized carbons (Fsp3) is 0.200. The predicted molar refractivity (Wildman–Crippen MR) is 80.6 cm³/mol. The summed E-state index contributed by atoms with van der Waals surface area (Å²) < 4.78 is 0. The number of carbonyl (C=O) groups excluding carboxylic acids is 1. The second-order valence-electron chi connectivity index (χ2n) is 4.45. The van der Waals surface area contributed by atoms with E-state index in [0.717, 1.165) is 11.3 Å². The number of aryl methyl sites for hydroxylation is 1. The highest BCUT2D eigenvalue weighted by atomic mass is 16.2. The number of pyridine rings is 1. The van der Waals surface area contributed by atoms with Crippen LogP contribution in [-0.2, 0) is 0 Å². The Bertz CT molecular complexity index is 598. The first-order valence-corrected chi connectivity index (χ1v) is 6.46. The standard InChI is InChI=1S/C15H18N4O/c1-3-19(12-6-8-17-9-7-12)15(20)13-5-4-11(2)10-14(13)18-16/h4-10,18H,3,16H2,1-2H3. The zero-order chi connectivity index (χ0) is 14.5. The molecule has 2 rings (SSSR count). The zero-order valence-corrected chi connectivity index (χ0v) is 11.6. The van der Waals surface area contributed by atoms with Crippen molar-refractivity contribution in [2.75, 3.05) is 16.9 Å². The lowest BCUT2D eigenvalue weighted by molar-refractivity contribution is 0.0989. The van der Waals surface area contributed by atoms with Gasteiger partial charge in [0, 0.05) is 24.6 Å². The number of anilines is 2. The largest absolute Gasteiger partial charge is 0.323 e. The van der Waals surface area contributed by atoms with Gasteiger partial charge in [0.25, 0.3) is 5.91 Å². The number of nitrogens with two attached hydrogens (primary N) is 1. The van der Waals surface area contributed by atoms with E-state index in [2.05, 4.69) is 10.4 Å². The Morgan fingerprint density at radius 3 is 2.60 bits per heavy atom. The number of rotatable bonds is 4. The average Bonchev–Trinajstić information content (AvgIpc) is 2.48. The van der Waals surface area contributed by atoms with Crippen LogP contribution in [0.1, 0.15) is 22.8 Å². The van der Waals surface area contributed by atoms with Crippen LogP contribution in [0.3, 0.4) is 0 Å². The van der Waals surface area contributed by atoms with Gasteiger partial charge in [-0.25, -0.2) is 0 Å². The van der Waals surface area contributed by atoms with Crippen molar-refractivity contribution in [1.29, 1.82) is 0 Å². The molecular formula is C15H18N4O. The molecule has 0 saturated heterocycles. The zero-order valence-electron chi connectivity index (χ0n) is 11.6. The number of aromatic nitrogens is 1. The highest BCUT2D eigenvalue weighted by molar-refractivity contribution is 6.09. The van der Waals surface area contributed by atoms with Gasteiger partial charge in [-0.1, -0.05) is 6.07 Å². The topological polar surface area (TPSA) is 71.2 Å². The third-order valence-corrected chi connectivity index (χ3v) is 3.10. The van der Waals surface area contributed by atoms with Gasteiger partial charge in [-0.05, 0) is 43.7 Å². The number of benzene rings is 1. The van der Waals surface area contributed by atoms with Crippen LogP contribution in [0.5, 0.6) is 0 Å². The van der Waals surface area contributed by atoms with Crippen molar-refractivity contribution < 1.29 is 4.79 Å². The molecule has 0 bridgehead atoms. The van der Waals surface area contributed by atoms with Crippen molar-refractivity contribution in [2.45, 2.75) is 13.8 Å². The molecule has 1 aromatic heterocycles. The molecule has 1 amide bonds. The van der Waals surface area contributed by atoms with Crippen molar-refractivity contribution in [1.82, 2.24) is 4.98 Å². The summed E-state index contributed by atoms with van der Waals surface area (Å²) in [5.74, 6) is 5.42. The first-order valence-electron chi connectivity index (χ1n) is 6.46. The Labute approximate surface area is 118 Å². The lowest BCUT2D eigenvalue weighted by Gasteiger charge is -2.22. The SMILES string of the molecule is CCN(C(=O)c1ccc(C)cc1NN)c1ccncc1. The number of nitrogen functional groups attached to an aromatic ring is 1. The van der Waals surface area contributed by atoms with Gasteiger partial charge in [-0.3, -0.25) is 15.6 Å². The summed E-state index contributed by atoms with van der Waals surface area (Å²) in [7, 11) is 0. The molecule has 0 aliphatic heterocycles. The van der Waals surface area contributed by atoms with Gasteiger partial charge in [-0.15, -0.1) is 0 Å². The van der Waals surface area contributed by atoms with Gasteiger partial charge in [0.2, 0.25) is 0 Å². The normalized spacial score (nSPS) is 10.2. The fourth-order valence-electron chi connectivity index (χ4n) is 2.08. The van der Waals surface area contributed by atoms with E-state index in [-0.39, 0.29) is 5.91 Å². The molecular weight excluding hydrogens is 252 g/mol. The highest BCUT2D eigenvalue weighted by Crippen LogP contribution is 2.22. The molecule has 1 aromatic carbocycles. The molecule has 0 radical (unpaired) electrons. The van der Waals surface area contributed by atoms with E-state index >= 15 is 0 Å². The molecule has 3 N–H and O–H groups in total. The quantitative estimate of drug-likeness (QED) is 0.661. The number of nitrogens with one attached hydrogen (secondary N) is 1. The molecule has 5 heteroatoms. The van der Waals surface area contributed by atoms with Gasteiger partial charge in [-0.2, -0.15) is 0 Å². The molecule has 0 aliphatic carbocycles. The second kappa shape index (κ2) is 6.16. The van der Waals surface area contributed by atoms with Gasteiger partial charge >= 0.3 is 0 Å². The summed E-state index contributed by atoms with van der Waals surface area (Å²) in [6, 6.07) is 9.16. The maximum absolute atomic E-state index is 12.7. The van der Waals surface area contributed by atoms with Crippen LogP contribution < -0.4 is 16.2 Å². The van der Waals surface area contributed by atoms with Crippen molar-refractivity contribution in [3.8, 4) is 0 Å². The Morgan fingerprint density at radius 1 is 1.30 bits per heavy atom. The lowest BCUT2D eigenvalue weighted by atomic mass is 10.1. The summed E-state index contributed by atoms with van der Waals surface area (Å²) in [4.78, 5) is 18.3. The van der Waals surface area contributed by atoms with Crippen molar-refractivity contribution in [3.05, 3.63) is 53.9 Å². The first-order chi connectivity index (χ1) is 9.67. The third kappa shape index (κ3) is 2.78. The Morgan fingerprint density at radius 2 is 2.00 bits per heavy atom. The molecule has 5 nitrogen and oxygen atoms in total. The minimum Gasteiger partial charge on any atom is -0.323 e. The van der Waals surface area contributed by atoms with Crippen LogP contribution in [0.25, 0.3) is 0 Å². The minimum absolute atomic E-state index is 0.0911. The van der Waals surface area contributed by atoms with E-state index in [1.54, 1.807) is 23.4 Å². The summed E-state index contributed by atoms with van der Waals surface area (Å²) >= 11 is 0. The average molecular weight is 270 g/mol. The first kappa shape index (κ1) is 14.0. The maximum Gasteiger partial charge on any atom is 0.260 e. The minimum atomic E-state index is -0.0911. The number of carbonyl (C=O) groups is 1. The molecule has 104 valence electrons. The lowest BCUT2D eigenvalue weighted by Crippen LogP contribution is -2.31. The van der Waals surface area contributed by atoms with E-state index < -0.39 is 0 Å². The molecule has 0 saturated carbocycles. The van der Waals surface area contributed by atoms with Crippen LogP contribution in [0.4, 0.5) is 11.4 Å². The fourth-order valence-corrected chi connectivity index (χ4v) is 2.08. The van der Waals surface area contributed by atoms with E-state index in [4.69, 9.17) is 5.84 Å². The predicted octanol–water partition coefficient (Wildman–Crippen LogP) is 2.34. The van der Waals surface area contributed by atoms with Crippen LogP contribution in [0.15, 0.2) is 42.7 Å². The van der Waals surface area contributed by atoms with E-state index in [1.165, 1.54) is 0 Å². The Kier molecular flexibility index (Phi) is 4.32. The smallest absolute Gasteiger partial charge is 0.260 e. The van der Waals surface area contributed by atoms with Crippen LogP contribution in [0.2, 0.25) is 0 Å². The Balaban J connectivity index is 2.39. The van der Waals surface area contributed by atoms with Crippen molar-refractivity contribution >= 4 is 17.3 Å². The molecule has 0 atom stereocenters. The number of hydrogen-bond acceptors (Lipinski definition) is 4. The number of hydrazine groups is 1. The number of nitrogens with zero attached hydrogens (tertiary/aromatic N) is 2. The summed E-state index contributed by atoms with van der Waals surface area (Å²) in [6.45, 7) is 4.46. The van der Waals surface area contributed by atoms with Gasteiger partial charge < -0.3 is 10.3 Å². The molecule has 0 aliphatic rings. The molecule has 1 heterocycles.